The molecule has 1 fully saturated rings. The third kappa shape index (κ3) is 4.49. The molecule has 0 radical (unpaired) electrons. The molecular weight excluding hydrogens is 188 g/mol. The Morgan fingerprint density at radius 2 is 1.93 bits per heavy atom. The first-order chi connectivity index (χ1) is 7.20. The van der Waals surface area contributed by atoms with Crippen LogP contribution in [0.1, 0.15) is 45.4 Å². The highest BCUT2D eigenvalue weighted by molar-refractivity contribution is 4.78. The first kappa shape index (κ1) is 12.9. The van der Waals surface area contributed by atoms with Gasteiger partial charge in [-0.25, -0.2) is 0 Å². The van der Waals surface area contributed by atoms with Crippen molar-refractivity contribution in [1.82, 2.24) is 4.90 Å². The van der Waals surface area contributed by atoms with Crippen molar-refractivity contribution in [3.63, 3.8) is 0 Å². The van der Waals surface area contributed by atoms with Crippen LogP contribution in [0.2, 0.25) is 0 Å². The van der Waals surface area contributed by atoms with Crippen molar-refractivity contribution in [2.24, 2.45) is 5.73 Å². The number of hydrogen-bond acceptors (Lipinski definition) is 3. The van der Waals surface area contributed by atoms with Gasteiger partial charge in [-0.15, -0.1) is 0 Å². The predicted octanol–water partition coefficient (Wildman–Crippen LogP) is 1.35. The Kier molecular flexibility index (Phi) is 5.58. The largest absolute Gasteiger partial charge is 0.389 e. The maximum Gasteiger partial charge on any atom is 0.0767 e. The zero-order valence-electron chi connectivity index (χ0n) is 10.0. The molecule has 0 saturated carbocycles. The fourth-order valence-electron chi connectivity index (χ4n) is 2.24. The van der Waals surface area contributed by atoms with Crippen LogP contribution in [-0.2, 0) is 0 Å². The lowest BCUT2D eigenvalue weighted by Crippen LogP contribution is -2.38. The van der Waals surface area contributed by atoms with Crippen molar-refractivity contribution < 1.29 is 5.11 Å². The fourth-order valence-corrected chi connectivity index (χ4v) is 2.24. The van der Waals surface area contributed by atoms with Gasteiger partial charge >= 0.3 is 0 Å². The van der Waals surface area contributed by atoms with E-state index in [2.05, 4.69) is 4.90 Å². The van der Waals surface area contributed by atoms with E-state index < -0.39 is 5.60 Å². The molecule has 0 bridgehead atoms. The molecule has 3 N–H and O–H groups in total. The van der Waals surface area contributed by atoms with E-state index in [9.17, 15) is 5.11 Å². The summed E-state index contributed by atoms with van der Waals surface area (Å²) in [4.78, 5) is 2.51. The van der Waals surface area contributed by atoms with Gasteiger partial charge in [0.1, 0.15) is 0 Å². The molecule has 0 aromatic carbocycles. The van der Waals surface area contributed by atoms with Gasteiger partial charge in [-0.2, -0.15) is 0 Å². The van der Waals surface area contributed by atoms with Crippen molar-refractivity contribution in [2.75, 3.05) is 26.2 Å². The van der Waals surface area contributed by atoms with Crippen molar-refractivity contribution in [3.8, 4) is 0 Å². The first-order valence-electron chi connectivity index (χ1n) is 6.35. The smallest absolute Gasteiger partial charge is 0.0767 e. The lowest BCUT2D eigenvalue weighted by atomic mass is 9.94. The highest BCUT2D eigenvalue weighted by Crippen LogP contribution is 2.17. The zero-order chi connectivity index (χ0) is 11.1. The standard InChI is InChI=1S/C12H26N2O/c1-2-12(15,11-13)7-6-10-14-8-4-3-5-9-14/h15H,2-11,13H2,1H3. The van der Waals surface area contributed by atoms with Crippen LogP contribution in [0.3, 0.4) is 0 Å². The molecule has 1 aliphatic heterocycles. The molecule has 0 aromatic heterocycles. The molecule has 1 saturated heterocycles. The van der Waals surface area contributed by atoms with Crippen LogP contribution in [0.4, 0.5) is 0 Å². The molecule has 0 spiro atoms. The number of likely N-dealkylation sites (tertiary alicyclic amines) is 1. The monoisotopic (exact) mass is 214 g/mol. The number of aliphatic hydroxyl groups is 1. The van der Waals surface area contributed by atoms with Crippen molar-refractivity contribution >= 4 is 0 Å². The van der Waals surface area contributed by atoms with Gasteiger partial charge < -0.3 is 15.7 Å². The summed E-state index contributed by atoms with van der Waals surface area (Å²) in [6.45, 7) is 6.01. The van der Waals surface area contributed by atoms with E-state index in [1.807, 2.05) is 6.92 Å². The average Bonchev–Trinajstić information content (AvgIpc) is 2.30. The van der Waals surface area contributed by atoms with Gasteiger partial charge in [0.2, 0.25) is 0 Å². The SMILES string of the molecule is CCC(O)(CN)CCCN1CCCCC1. The maximum absolute atomic E-state index is 10.0. The van der Waals surface area contributed by atoms with Crippen molar-refractivity contribution in [2.45, 2.75) is 51.0 Å². The number of nitrogens with zero attached hydrogens (tertiary/aromatic N) is 1. The number of piperidine rings is 1. The molecule has 15 heavy (non-hydrogen) atoms. The predicted molar refractivity (Wildman–Crippen MR) is 63.8 cm³/mol. The molecule has 1 heterocycles. The summed E-state index contributed by atoms with van der Waals surface area (Å²) >= 11 is 0. The molecule has 1 atom stereocenters. The van der Waals surface area contributed by atoms with E-state index in [0.717, 1.165) is 25.8 Å². The summed E-state index contributed by atoms with van der Waals surface area (Å²) in [6.07, 6.45) is 6.75. The number of rotatable bonds is 6. The molecule has 3 heteroatoms. The van der Waals surface area contributed by atoms with Crippen LogP contribution in [0.5, 0.6) is 0 Å². The van der Waals surface area contributed by atoms with Gasteiger partial charge in [-0.1, -0.05) is 13.3 Å². The summed E-state index contributed by atoms with van der Waals surface area (Å²) in [5.41, 5.74) is 4.96. The minimum atomic E-state index is -0.615. The Labute approximate surface area is 93.6 Å². The van der Waals surface area contributed by atoms with E-state index in [4.69, 9.17) is 5.73 Å². The topological polar surface area (TPSA) is 49.5 Å². The highest BCUT2D eigenvalue weighted by Gasteiger charge is 2.22. The van der Waals surface area contributed by atoms with Crippen LogP contribution >= 0.6 is 0 Å². The maximum atomic E-state index is 10.0. The summed E-state index contributed by atoms with van der Waals surface area (Å²) < 4.78 is 0. The van der Waals surface area contributed by atoms with Crippen LogP contribution in [0.25, 0.3) is 0 Å². The van der Waals surface area contributed by atoms with E-state index >= 15 is 0 Å². The first-order valence-corrected chi connectivity index (χ1v) is 6.35. The second kappa shape index (κ2) is 6.46. The molecule has 1 unspecified atom stereocenters. The summed E-state index contributed by atoms with van der Waals surface area (Å²) in [5, 5.41) is 10.0. The second-order valence-electron chi connectivity index (χ2n) is 4.79. The van der Waals surface area contributed by atoms with Crippen LogP contribution in [0.15, 0.2) is 0 Å². The van der Waals surface area contributed by atoms with Gasteiger partial charge in [0, 0.05) is 6.54 Å². The Morgan fingerprint density at radius 1 is 1.27 bits per heavy atom. The molecule has 1 rings (SSSR count). The van der Waals surface area contributed by atoms with Gasteiger partial charge in [0.05, 0.1) is 5.60 Å². The highest BCUT2D eigenvalue weighted by atomic mass is 16.3. The molecule has 90 valence electrons. The summed E-state index contributed by atoms with van der Waals surface area (Å²) in [5.74, 6) is 0. The third-order valence-electron chi connectivity index (χ3n) is 3.60. The van der Waals surface area contributed by atoms with E-state index in [1.165, 1.54) is 32.4 Å². The zero-order valence-corrected chi connectivity index (χ0v) is 10.0. The Balaban J connectivity index is 2.14. The van der Waals surface area contributed by atoms with E-state index in [1.54, 1.807) is 0 Å². The molecule has 0 amide bonds. The van der Waals surface area contributed by atoms with Gasteiger partial charge in [0.25, 0.3) is 0 Å². The van der Waals surface area contributed by atoms with Crippen molar-refractivity contribution in [1.29, 1.82) is 0 Å². The minimum Gasteiger partial charge on any atom is -0.389 e. The average molecular weight is 214 g/mol. The molecular formula is C12H26N2O. The van der Waals surface area contributed by atoms with Gasteiger partial charge in [-0.05, 0) is 51.7 Å². The Hall–Kier alpha value is -0.120. The summed E-state index contributed by atoms with van der Waals surface area (Å²) in [6, 6.07) is 0. The summed E-state index contributed by atoms with van der Waals surface area (Å²) in [7, 11) is 0. The van der Waals surface area contributed by atoms with Crippen LogP contribution in [0, 0.1) is 0 Å². The lowest BCUT2D eigenvalue weighted by molar-refractivity contribution is 0.0310. The second-order valence-corrected chi connectivity index (χ2v) is 4.79. The Morgan fingerprint density at radius 3 is 2.47 bits per heavy atom. The third-order valence-corrected chi connectivity index (χ3v) is 3.60. The normalized spacial score (nSPS) is 22.6. The molecule has 3 nitrogen and oxygen atoms in total. The molecule has 1 aliphatic rings. The van der Waals surface area contributed by atoms with E-state index in [-0.39, 0.29) is 0 Å². The van der Waals surface area contributed by atoms with Gasteiger partial charge in [0.15, 0.2) is 0 Å². The number of hydrogen-bond donors (Lipinski definition) is 2. The fraction of sp³-hybridized carbons (Fsp3) is 1.00. The van der Waals surface area contributed by atoms with Crippen LogP contribution in [-0.4, -0.2) is 41.8 Å². The number of nitrogens with two attached hydrogens (primary N) is 1. The lowest BCUT2D eigenvalue weighted by Gasteiger charge is -2.29. The van der Waals surface area contributed by atoms with Gasteiger partial charge in [-0.3, -0.25) is 0 Å². The van der Waals surface area contributed by atoms with Crippen molar-refractivity contribution in [3.05, 3.63) is 0 Å². The minimum absolute atomic E-state index is 0.392. The molecule has 0 aliphatic carbocycles. The van der Waals surface area contributed by atoms with Crippen LogP contribution < -0.4 is 5.73 Å². The molecule has 0 aromatic rings. The Bertz CT molecular complexity index is 163. The van der Waals surface area contributed by atoms with E-state index in [0.29, 0.717) is 6.54 Å². The quantitative estimate of drug-likeness (QED) is 0.702.